The molecule has 0 amide bonds. The molecule has 24 heavy (non-hydrogen) atoms. The van der Waals surface area contributed by atoms with Crippen LogP contribution in [0.5, 0.6) is 0 Å². The van der Waals surface area contributed by atoms with Gasteiger partial charge < -0.3 is 10.2 Å². The van der Waals surface area contributed by atoms with Gasteiger partial charge in [0.15, 0.2) is 15.8 Å². The highest BCUT2D eigenvalue weighted by Crippen LogP contribution is 2.24. The van der Waals surface area contributed by atoms with E-state index in [-0.39, 0.29) is 11.6 Å². The Morgan fingerprint density at radius 1 is 1.42 bits per heavy atom. The number of hydrogen-bond donors (Lipinski definition) is 1. The largest absolute Gasteiger partial charge is 0.357 e. The molecule has 8 heteroatoms. The van der Waals surface area contributed by atoms with E-state index >= 15 is 0 Å². The first kappa shape index (κ1) is 19.2. The molecular weight excluding hydrogens is 397 g/mol. The fourth-order valence-corrected chi connectivity index (χ4v) is 4.50. The number of nitrogens with zero attached hydrogens (tertiary/aromatic N) is 2. The topological polar surface area (TPSA) is 61.8 Å². The molecule has 0 atom stereocenters. The molecule has 0 spiro atoms. The average molecular weight is 420 g/mol. The first-order chi connectivity index (χ1) is 11.1. The summed E-state index contributed by atoms with van der Waals surface area (Å²) in [4.78, 5) is 6.51. The van der Waals surface area contributed by atoms with Crippen molar-refractivity contribution < 1.29 is 12.8 Å². The summed E-state index contributed by atoms with van der Waals surface area (Å²) >= 11 is 3.27. The number of sulfone groups is 1. The summed E-state index contributed by atoms with van der Waals surface area (Å²) in [5.74, 6) is 0.446. The van der Waals surface area contributed by atoms with E-state index in [0.29, 0.717) is 36.6 Å². The monoisotopic (exact) mass is 419 g/mol. The molecule has 2 rings (SSSR count). The van der Waals surface area contributed by atoms with Crippen LogP contribution in [0.3, 0.4) is 0 Å². The van der Waals surface area contributed by atoms with Crippen molar-refractivity contribution >= 4 is 31.7 Å². The zero-order valence-corrected chi connectivity index (χ0v) is 16.5. The predicted octanol–water partition coefficient (Wildman–Crippen LogP) is 2.56. The SMILES string of the molecule is CCNC(=NCc1cc(F)cc(Br)c1)N1CCS(=O)(=O)C(C)(C)C1. The molecule has 1 aromatic rings. The van der Waals surface area contributed by atoms with Crippen molar-refractivity contribution in [3.8, 4) is 0 Å². The Labute approximate surface area is 151 Å². The minimum Gasteiger partial charge on any atom is -0.357 e. The molecule has 0 saturated carbocycles. The van der Waals surface area contributed by atoms with Gasteiger partial charge in [0.1, 0.15) is 5.82 Å². The number of hydrogen-bond acceptors (Lipinski definition) is 3. The molecule has 1 aliphatic rings. The van der Waals surface area contributed by atoms with Gasteiger partial charge in [-0.1, -0.05) is 15.9 Å². The third kappa shape index (κ3) is 4.47. The molecule has 1 fully saturated rings. The van der Waals surface area contributed by atoms with Crippen molar-refractivity contribution in [2.45, 2.75) is 32.1 Å². The average Bonchev–Trinajstić information content (AvgIpc) is 2.45. The first-order valence-electron chi connectivity index (χ1n) is 7.85. The maximum absolute atomic E-state index is 13.5. The molecule has 1 saturated heterocycles. The van der Waals surface area contributed by atoms with Gasteiger partial charge in [-0.25, -0.2) is 17.8 Å². The zero-order chi connectivity index (χ0) is 18.0. The van der Waals surface area contributed by atoms with Crippen molar-refractivity contribution in [2.24, 2.45) is 4.99 Å². The second kappa shape index (κ2) is 7.39. The van der Waals surface area contributed by atoms with Gasteiger partial charge in [-0.05, 0) is 44.5 Å². The summed E-state index contributed by atoms with van der Waals surface area (Å²) in [6, 6.07) is 4.67. The lowest BCUT2D eigenvalue weighted by Crippen LogP contribution is -2.57. The molecule has 0 aromatic heterocycles. The van der Waals surface area contributed by atoms with Gasteiger partial charge in [-0.15, -0.1) is 0 Å². The van der Waals surface area contributed by atoms with Crippen LogP contribution in [0.25, 0.3) is 0 Å². The Morgan fingerprint density at radius 2 is 2.12 bits per heavy atom. The van der Waals surface area contributed by atoms with Crippen LogP contribution in [0.1, 0.15) is 26.3 Å². The molecule has 0 unspecified atom stereocenters. The molecule has 1 heterocycles. The van der Waals surface area contributed by atoms with Crippen molar-refractivity contribution in [1.82, 2.24) is 10.2 Å². The van der Waals surface area contributed by atoms with Crippen LogP contribution in [0, 0.1) is 5.82 Å². The van der Waals surface area contributed by atoms with Gasteiger partial charge in [0.25, 0.3) is 0 Å². The van der Waals surface area contributed by atoms with E-state index in [9.17, 15) is 12.8 Å². The van der Waals surface area contributed by atoms with Gasteiger partial charge in [-0.3, -0.25) is 0 Å². The molecule has 0 radical (unpaired) electrons. The normalized spacial score (nSPS) is 20.0. The number of aliphatic imine (C=N–C) groups is 1. The minimum absolute atomic E-state index is 0.107. The summed E-state index contributed by atoms with van der Waals surface area (Å²) in [7, 11) is -3.10. The number of benzene rings is 1. The van der Waals surface area contributed by atoms with Gasteiger partial charge in [0, 0.05) is 24.1 Å². The van der Waals surface area contributed by atoms with Crippen LogP contribution < -0.4 is 5.32 Å². The van der Waals surface area contributed by atoms with E-state index in [1.165, 1.54) is 12.1 Å². The molecule has 134 valence electrons. The lowest BCUT2D eigenvalue weighted by molar-refractivity contribution is 0.353. The fraction of sp³-hybridized carbons (Fsp3) is 0.562. The maximum Gasteiger partial charge on any atom is 0.194 e. The summed E-state index contributed by atoms with van der Waals surface area (Å²) in [5, 5.41) is 3.19. The highest BCUT2D eigenvalue weighted by atomic mass is 79.9. The molecule has 0 bridgehead atoms. The Bertz CT molecular complexity index is 715. The Balaban J connectivity index is 2.20. The van der Waals surface area contributed by atoms with Crippen molar-refractivity contribution in [3.63, 3.8) is 0 Å². The third-order valence-electron chi connectivity index (χ3n) is 4.01. The van der Waals surface area contributed by atoms with Crippen LogP contribution in [0.15, 0.2) is 27.7 Å². The van der Waals surface area contributed by atoms with Gasteiger partial charge in [0.05, 0.1) is 17.0 Å². The predicted molar refractivity (Wildman–Crippen MR) is 98.4 cm³/mol. The van der Waals surface area contributed by atoms with Gasteiger partial charge >= 0.3 is 0 Å². The first-order valence-corrected chi connectivity index (χ1v) is 10.3. The Hall–Kier alpha value is -1.15. The zero-order valence-electron chi connectivity index (χ0n) is 14.1. The van der Waals surface area contributed by atoms with E-state index in [1.807, 2.05) is 17.9 Å². The number of rotatable bonds is 3. The quantitative estimate of drug-likeness (QED) is 0.603. The molecule has 1 aromatic carbocycles. The van der Waals surface area contributed by atoms with Crippen molar-refractivity contribution in [2.75, 3.05) is 25.4 Å². The van der Waals surface area contributed by atoms with Crippen LogP contribution >= 0.6 is 15.9 Å². The Morgan fingerprint density at radius 3 is 2.71 bits per heavy atom. The van der Waals surface area contributed by atoms with Crippen molar-refractivity contribution in [1.29, 1.82) is 0 Å². The van der Waals surface area contributed by atoms with Crippen molar-refractivity contribution in [3.05, 3.63) is 34.1 Å². The molecule has 1 N–H and O–H groups in total. The van der Waals surface area contributed by atoms with Crippen LogP contribution in [0.2, 0.25) is 0 Å². The Kier molecular flexibility index (Phi) is 5.91. The summed E-state index contributed by atoms with van der Waals surface area (Å²) in [5.41, 5.74) is 0.751. The second-order valence-electron chi connectivity index (χ2n) is 6.45. The van der Waals surface area contributed by atoms with E-state index in [1.54, 1.807) is 13.8 Å². The lowest BCUT2D eigenvalue weighted by atomic mass is 10.2. The number of guanidine groups is 1. The minimum atomic E-state index is -3.10. The van der Waals surface area contributed by atoms with E-state index in [2.05, 4.69) is 26.2 Å². The van der Waals surface area contributed by atoms with Crippen LogP contribution in [0.4, 0.5) is 4.39 Å². The highest BCUT2D eigenvalue weighted by molar-refractivity contribution is 9.10. The van der Waals surface area contributed by atoms with E-state index in [0.717, 1.165) is 5.56 Å². The number of nitrogens with one attached hydrogen (secondary N) is 1. The smallest absolute Gasteiger partial charge is 0.194 e. The molecule has 1 aliphatic heterocycles. The molecule has 0 aliphatic carbocycles. The van der Waals surface area contributed by atoms with E-state index < -0.39 is 14.6 Å². The molecular formula is C16H23BrFN3O2S. The summed E-state index contributed by atoms with van der Waals surface area (Å²) < 4.78 is 37.6. The summed E-state index contributed by atoms with van der Waals surface area (Å²) in [6.45, 7) is 7.22. The summed E-state index contributed by atoms with van der Waals surface area (Å²) in [6.07, 6.45) is 0. The molecule has 5 nitrogen and oxygen atoms in total. The standard InChI is InChI=1S/C16H23BrFN3O2S/c1-4-19-15(20-10-12-7-13(17)9-14(18)8-12)21-5-6-24(22,23)16(2,3)11-21/h7-9H,4-6,10-11H2,1-3H3,(H,19,20). The van der Waals surface area contributed by atoms with E-state index in [4.69, 9.17) is 0 Å². The second-order valence-corrected chi connectivity index (χ2v) is 10.1. The highest BCUT2D eigenvalue weighted by Gasteiger charge is 2.40. The van der Waals surface area contributed by atoms with Crippen LogP contribution in [-0.4, -0.2) is 49.4 Å². The van der Waals surface area contributed by atoms with Gasteiger partial charge in [-0.2, -0.15) is 0 Å². The third-order valence-corrected chi connectivity index (χ3v) is 7.00. The maximum atomic E-state index is 13.5. The lowest BCUT2D eigenvalue weighted by Gasteiger charge is -2.39. The van der Waals surface area contributed by atoms with Gasteiger partial charge in [0.2, 0.25) is 0 Å². The van der Waals surface area contributed by atoms with Crippen LogP contribution in [-0.2, 0) is 16.4 Å². The fourth-order valence-electron chi connectivity index (χ4n) is 2.62. The number of halogens is 2.